The molecule has 1 aliphatic rings. The van der Waals surface area contributed by atoms with Crippen LogP contribution in [0, 0.1) is 22.7 Å². The fourth-order valence-electron chi connectivity index (χ4n) is 15.7. The molecule has 0 bridgehead atoms. The fourth-order valence-corrected chi connectivity index (χ4v) is 16.6. The molecule has 13 amide bonds. The fraction of sp³-hybridized carbons (Fsp3) is 0.396. The van der Waals surface area contributed by atoms with Crippen LogP contribution in [0.1, 0.15) is 86.8 Å². The van der Waals surface area contributed by atoms with E-state index in [1.807, 2.05) is 0 Å². The monoisotopic (exact) mass is 1900 g/mol. The zero-order valence-electron chi connectivity index (χ0n) is 76.8. The molecule has 730 valence electrons. The van der Waals surface area contributed by atoms with E-state index in [0.717, 1.165) is 16.7 Å². The first-order chi connectivity index (χ1) is 65.7. The Morgan fingerprint density at radius 1 is 0.438 bits per heavy atom. The van der Waals surface area contributed by atoms with E-state index in [2.05, 4.69) is 89.4 Å². The lowest BCUT2D eigenvalue weighted by molar-refractivity contribution is -0.143. The normalized spacial score (nSPS) is 20.8. The minimum atomic E-state index is -1.62. The van der Waals surface area contributed by atoms with Crippen molar-refractivity contribution in [2.45, 2.75) is 158 Å². The highest BCUT2D eigenvalue weighted by Gasteiger charge is 2.40. The van der Waals surface area contributed by atoms with Gasteiger partial charge in [-0.1, -0.05) is 155 Å². The number of hydrogen-bond donors (Lipinski definition) is 23. The van der Waals surface area contributed by atoms with E-state index in [9.17, 15) is 24.3 Å². The molecule has 1 fully saturated rings. The maximum Gasteiger partial charge on any atom is 0.329 e. The Kier molecular flexibility index (Phi) is 39.6. The molecule has 0 spiro atoms. The predicted molar refractivity (Wildman–Crippen MR) is 515 cm³/mol. The van der Waals surface area contributed by atoms with Gasteiger partial charge in [0, 0.05) is 122 Å². The number of likely N-dealkylation sites (N-methyl/N-ethyl adjacent to an activating group) is 1. The Labute approximate surface area is 795 Å². The predicted octanol–water partition coefficient (Wildman–Crippen LogP) is 1.20. The molecule has 6 aromatic carbocycles. The first kappa shape index (κ1) is 104. The number of carbonyl (C=O) groups excluding carboxylic acids is 13. The molecule has 0 unspecified atom stereocenters. The number of phenolic OH excluding ortho intramolecular Hbond substituents is 1. The van der Waals surface area contributed by atoms with Gasteiger partial charge in [0.25, 0.3) is 0 Å². The molecule has 0 aliphatic carbocycles. The number of aromatic amines is 3. The lowest BCUT2D eigenvalue weighted by Crippen LogP contribution is -2.61. The second-order valence-electron chi connectivity index (χ2n) is 34.0. The Bertz CT molecular complexity index is 5680. The second kappa shape index (κ2) is 52.1. The summed E-state index contributed by atoms with van der Waals surface area (Å²) in [5.41, 5.74) is 16.5. The van der Waals surface area contributed by atoms with Gasteiger partial charge in [-0.15, -0.1) is 11.8 Å². The molecule has 0 radical (unpaired) electrons. The van der Waals surface area contributed by atoms with Gasteiger partial charge < -0.3 is 125 Å². The van der Waals surface area contributed by atoms with Crippen molar-refractivity contribution in [1.29, 1.82) is 10.8 Å². The number of thioether (sulfide) groups is 1. The maximum atomic E-state index is 15.7. The van der Waals surface area contributed by atoms with Crippen LogP contribution in [0.15, 0.2) is 176 Å². The van der Waals surface area contributed by atoms with Crippen molar-refractivity contribution in [1.82, 2.24) is 94.3 Å². The molecule has 11 atom stereocenters. The smallest absolute Gasteiger partial charge is 0.329 e. The summed E-state index contributed by atoms with van der Waals surface area (Å²) in [6, 6.07) is 27.6. The minimum absolute atomic E-state index is 0.0198. The summed E-state index contributed by atoms with van der Waals surface area (Å²) < 4.78 is 10.6. The van der Waals surface area contributed by atoms with Crippen molar-refractivity contribution in [2.75, 3.05) is 71.2 Å². The molecular formula is C96H122N22O18S. The number of benzene rings is 6. The van der Waals surface area contributed by atoms with Crippen LogP contribution in [0.4, 0.5) is 0 Å². The molecular weight excluding hydrogens is 1780 g/mol. The molecule has 4 heterocycles. The highest BCUT2D eigenvalue weighted by molar-refractivity contribution is 8.00. The number of aromatic hydroxyl groups is 1. The van der Waals surface area contributed by atoms with Gasteiger partial charge in [-0.05, 0) is 101 Å². The van der Waals surface area contributed by atoms with Crippen molar-refractivity contribution < 1.29 is 86.8 Å². The van der Waals surface area contributed by atoms with Gasteiger partial charge in [-0.25, -0.2) is 4.79 Å². The molecule has 1 aliphatic heterocycles. The van der Waals surface area contributed by atoms with Gasteiger partial charge in [0.05, 0.1) is 32.1 Å². The number of aliphatic carboxylic acids is 1. The Morgan fingerprint density at radius 2 is 0.839 bits per heavy atom. The van der Waals surface area contributed by atoms with E-state index >= 15 is 47.9 Å². The number of rotatable bonds is 31. The average molecular weight is 1900 g/mol. The number of amides is 13. The third-order valence-corrected chi connectivity index (χ3v) is 24.0. The van der Waals surface area contributed by atoms with Crippen LogP contribution in [0.2, 0.25) is 0 Å². The maximum absolute atomic E-state index is 15.7. The second-order valence-corrected chi connectivity index (χ2v) is 35.1. The van der Waals surface area contributed by atoms with Crippen LogP contribution in [0.5, 0.6) is 5.75 Å². The zero-order chi connectivity index (χ0) is 98.6. The molecule has 0 saturated carbocycles. The SMILES string of the molecule is CC(C)[C@@H]1NC(=O)[C@H](Cc2c[nH]c3ccccc23)NC(=O)[C@H](Cc2ccc(O)cc2)NC(=O)[C@H](Cc2c[nH]c3ccccc23)NC(=O)CNC(=O)[C@H](Cc2c[nH]c3ccccc23)NC(=O)[C@H](CCCNC(=N)N)NC(=O)[C@H](C(C)C)NC(=O)[C@H](Cc2ccccc2)N(C)C(=O)[C@H](CCCNC(=N)N)NC(=O)[C@H](Cc2ccccc2)NC(=O)CSC[C@@H](C(=O)NCCOCCOCC(=O)O)NC1=O. The number of para-hydroxylation sites is 3. The van der Waals surface area contributed by atoms with E-state index in [0.29, 0.717) is 66.1 Å². The van der Waals surface area contributed by atoms with Crippen molar-refractivity contribution in [3.63, 3.8) is 0 Å². The highest BCUT2D eigenvalue weighted by Crippen LogP contribution is 2.25. The quantitative estimate of drug-likeness (QED) is 0.0165. The van der Waals surface area contributed by atoms with Crippen molar-refractivity contribution in [3.05, 3.63) is 210 Å². The van der Waals surface area contributed by atoms with Crippen molar-refractivity contribution in [2.24, 2.45) is 23.3 Å². The zero-order valence-corrected chi connectivity index (χ0v) is 77.6. The summed E-state index contributed by atoms with van der Waals surface area (Å²) in [7, 11) is 1.34. The van der Waals surface area contributed by atoms with E-state index in [4.69, 9.17) is 36.9 Å². The number of carboxylic acids is 1. The Morgan fingerprint density at radius 3 is 1.34 bits per heavy atom. The van der Waals surface area contributed by atoms with Crippen LogP contribution in [-0.4, -0.2) is 262 Å². The Hall–Kier alpha value is -14.9. The third-order valence-electron chi connectivity index (χ3n) is 23.0. The third kappa shape index (κ3) is 32.2. The number of phenols is 1. The summed E-state index contributed by atoms with van der Waals surface area (Å²) in [6.07, 6.45) is 3.39. The van der Waals surface area contributed by atoms with Crippen LogP contribution >= 0.6 is 11.8 Å². The summed E-state index contributed by atoms with van der Waals surface area (Å²) in [5.74, 6) is -16.0. The number of carboxylic acid groups (broad SMARTS) is 1. The number of ether oxygens (including phenoxy) is 2. The van der Waals surface area contributed by atoms with E-state index < -0.39 is 192 Å². The molecule has 137 heavy (non-hydrogen) atoms. The van der Waals surface area contributed by atoms with Gasteiger partial charge in [0.1, 0.15) is 78.8 Å². The van der Waals surface area contributed by atoms with Crippen molar-refractivity contribution in [3.8, 4) is 5.75 Å². The van der Waals surface area contributed by atoms with Gasteiger partial charge in [0.2, 0.25) is 76.8 Å². The highest BCUT2D eigenvalue weighted by atomic mass is 32.2. The number of aromatic nitrogens is 3. The molecule has 10 rings (SSSR count). The average Bonchev–Trinajstić information content (AvgIpc) is 1.67. The lowest BCUT2D eigenvalue weighted by Gasteiger charge is -2.33. The number of fused-ring (bicyclic) bond motifs is 3. The number of nitrogens with zero attached hydrogens (tertiary/aromatic N) is 1. The van der Waals surface area contributed by atoms with E-state index in [-0.39, 0.29) is 115 Å². The van der Waals surface area contributed by atoms with Gasteiger partial charge in [-0.2, -0.15) is 0 Å². The number of H-pyrrole nitrogens is 3. The van der Waals surface area contributed by atoms with Crippen LogP contribution in [0.25, 0.3) is 32.7 Å². The van der Waals surface area contributed by atoms with Gasteiger partial charge in [0.15, 0.2) is 11.9 Å². The van der Waals surface area contributed by atoms with Gasteiger partial charge >= 0.3 is 5.97 Å². The topological polar surface area (TPSA) is 617 Å². The lowest BCUT2D eigenvalue weighted by atomic mass is 9.98. The first-order valence-electron chi connectivity index (χ1n) is 45.2. The summed E-state index contributed by atoms with van der Waals surface area (Å²) in [5, 5.41) is 76.1. The molecule has 1 saturated heterocycles. The standard InChI is InChI=1S/C96H122N22O18S/c1-55(2)82-93(133)115-77(85(125)101-38-39-135-40-41-136-52-81(122)123)53-137-54-80(121)109-72(42-57-20-8-6-9-21-57)87(127)111-71(31-19-37-103-96(99)100)94(134)118(5)78(44-58-22-10-7-11-23-58)91(131)117-83(56(3)4)92(132)110-70(30-18-36-102-95(97)98)86(126)113-74(45-60-48-104-67-27-15-12-24-64(60)67)84(124)107-51-79(120)108-75(46-61-49-105-68-28-16-13-25-65(61)68)89(129)112-73(43-59-32-34-63(119)35-33-59)88(128)114-76(90(130)116-82)47-62-50-106-69-29-17-14-26-66(62)69/h6-17,20-29,32-35,48-50,55-56,70-78,82-83,104-106,119H,18-19,30-31,36-47,51-54H2,1-5H3,(H,101,125)(H,107,124)(H,108,120)(H,109,121)(H,110,132)(H,111,127)(H,112,129)(H,113,126)(H,114,128)(H,115,133)(H,116,130)(H,117,131)(H,122,123)(H4,97,98,102)(H4,99,100,103)/t70-,71-,72-,73-,74-,75-,76-,77-,78-,82-,83-/m0/s1. The molecule has 9 aromatic rings. The molecule has 3 aromatic heterocycles. The van der Waals surface area contributed by atoms with Crippen LogP contribution in [-0.2, 0) is 115 Å². The molecule has 25 N–H and O–H groups in total. The first-order valence-corrected chi connectivity index (χ1v) is 46.4. The van der Waals surface area contributed by atoms with Crippen LogP contribution < -0.4 is 85.9 Å². The molecule has 41 heteroatoms. The number of nitrogens with two attached hydrogens (primary N) is 2. The summed E-state index contributed by atoms with van der Waals surface area (Å²) >= 11 is 0.862. The Balaban J connectivity index is 1.05. The van der Waals surface area contributed by atoms with E-state index in [1.54, 1.807) is 180 Å². The van der Waals surface area contributed by atoms with Gasteiger partial charge in [-0.3, -0.25) is 73.1 Å². The van der Waals surface area contributed by atoms with E-state index in [1.165, 1.54) is 31.3 Å². The number of hydrogen-bond acceptors (Lipinski definition) is 20. The summed E-state index contributed by atoms with van der Waals surface area (Å²) in [6.45, 7) is 4.67. The number of carbonyl (C=O) groups is 14. The minimum Gasteiger partial charge on any atom is -0.508 e. The number of nitrogens with one attached hydrogen (secondary N) is 19. The van der Waals surface area contributed by atoms with Crippen molar-refractivity contribution >= 4 is 139 Å². The molecule has 40 nitrogen and oxygen atoms in total. The largest absolute Gasteiger partial charge is 0.508 e. The van der Waals surface area contributed by atoms with Crippen LogP contribution in [0.3, 0.4) is 0 Å². The number of guanidine groups is 2. The summed E-state index contributed by atoms with van der Waals surface area (Å²) in [4.78, 5) is 220.